The summed E-state index contributed by atoms with van der Waals surface area (Å²) in [6.07, 6.45) is 3.67. The molecule has 0 radical (unpaired) electrons. The fourth-order valence-corrected chi connectivity index (χ4v) is 2.94. The van der Waals surface area contributed by atoms with Gasteiger partial charge in [0.15, 0.2) is 0 Å². The molecule has 2 aliphatic rings. The molecule has 1 aromatic rings. The van der Waals surface area contributed by atoms with E-state index in [1.807, 2.05) is 29.3 Å². The number of urea groups is 1. The van der Waals surface area contributed by atoms with Crippen LogP contribution in [0.25, 0.3) is 0 Å². The van der Waals surface area contributed by atoms with Gasteiger partial charge in [-0.2, -0.15) is 0 Å². The number of nitrogens with zero attached hydrogens (tertiary/aromatic N) is 3. The molecular weight excluding hydrogens is 280 g/mol. The highest BCUT2D eigenvalue weighted by Gasteiger charge is 2.24. The first-order valence-corrected chi connectivity index (χ1v) is 8.07. The van der Waals surface area contributed by atoms with E-state index in [9.17, 15) is 4.79 Å². The predicted octanol–water partition coefficient (Wildman–Crippen LogP) is 1.09. The molecular formula is C16H24N4O2. The molecule has 1 N–H and O–H groups in total. The van der Waals surface area contributed by atoms with Crippen molar-refractivity contribution >= 4 is 6.03 Å². The predicted molar refractivity (Wildman–Crippen MR) is 83.5 cm³/mol. The van der Waals surface area contributed by atoms with E-state index in [0.29, 0.717) is 0 Å². The summed E-state index contributed by atoms with van der Waals surface area (Å²) >= 11 is 0. The highest BCUT2D eigenvalue weighted by molar-refractivity contribution is 5.74. The second-order valence-electron chi connectivity index (χ2n) is 5.92. The lowest BCUT2D eigenvalue weighted by Gasteiger charge is -2.35. The molecule has 1 aromatic heterocycles. The monoisotopic (exact) mass is 304 g/mol. The maximum absolute atomic E-state index is 12.3. The zero-order valence-electron chi connectivity index (χ0n) is 12.9. The molecule has 6 heteroatoms. The van der Waals surface area contributed by atoms with Crippen molar-refractivity contribution in [1.82, 2.24) is 20.1 Å². The van der Waals surface area contributed by atoms with Crippen LogP contribution in [0.4, 0.5) is 4.79 Å². The maximum Gasteiger partial charge on any atom is 0.317 e. The van der Waals surface area contributed by atoms with E-state index >= 15 is 0 Å². The van der Waals surface area contributed by atoms with Crippen molar-refractivity contribution in [3.05, 3.63) is 30.1 Å². The highest BCUT2D eigenvalue weighted by atomic mass is 16.5. The smallest absolute Gasteiger partial charge is 0.317 e. The quantitative estimate of drug-likeness (QED) is 0.908. The molecule has 0 aromatic carbocycles. The normalized spacial score (nSPS) is 20.8. The molecule has 120 valence electrons. The Kier molecular flexibility index (Phi) is 5.24. The van der Waals surface area contributed by atoms with E-state index < -0.39 is 0 Å². The van der Waals surface area contributed by atoms with Crippen molar-refractivity contribution in [2.75, 3.05) is 39.4 Å². The van der Waals surface area contributed by atoms with Crippen molar-refractivity contribution in [3.63, 3.8) is 0 Å². The van der Waals surface area contributed by atoms with Gasteiger partial charge in [0, 0.05) is 58.2 Å². The van der Waals surface area contributed by atoms with Gasteiger partial charge in [0.05, 0.1) is 5.69 Å². The Labute approximate surface area is 131 Å². The Morgan fingerprint density at radius 3 is 2.68 bits per heavy atom. The number of aromatic nitrogens is 1. The van der Waals surface area contributed by atoms with E-state index in [0.717, 1.165) is 64.5 Å². The van der Waals surface area contributed by atoms with E-state index in [1.165, 1.54) is 0 Å². The average Bonchev–Trinajstić information content (AvgIpc) is 2.57. The zero-order chi connectivity index (χ0) is 15.2. The molecule has 3 heterocycles. The van der Waals surface area contributed by atoms with Crippen LogP contribution in [0.5, 0.6) is 0 Å². The minimum atomic E-state index is 0.0735. The summed E-state index contributed by atoms with van der Waals surface area (Å²) in [5.41, 5.74) is 1.09. The zero-order valence-corrected chi connectivity index (χ0v) is 12.9. The van der Waals surface area contributed by atoms with Crippen molar-refractivity contribution in [2.24, 2.45) is 0 Å². The van der Waals surface area contributed by atoms with Crippen LogP contribution in [-0.4, -0.2) is 66.2 Å². The molecule has 0 bridgehead atoms. The first-order chi connectivity index (χ1) is 10.8. The molecule has 2 amide bonds. The number of hydrogen-bond acceptors (Lipinski definition) is 4. The molecule has 0 aliphatic carbocycles. The lowest BCUT2D eigenvalue weighted by atomic mass is 10.1. The van der Waals surface area contributed by atoms with Crippen molar-refractivity contribution in [1.29, 1.82) is 0 Å². The molecule has 0 unspecified atom stereocenters. The third kappa shape index (κ3) is 4.18. The summed E-state index contributed by atoms with van der Waals surface area (Å²) in [6.45, 7) is 5.72. The summed E-state index contributed by atoms with van der Waals surface area (Å²) in [6, 6.07) is 6.34. The van der Waals surface area contributed by atoms with Crippen LogP contribution >= 0.6 is 0 Å². The van der Waals surface area contributed by atoms with Crippen LogP contribution in [0.3, 0.4) is 0 Å². The Hall–Kier alpha value is -1.66. The Balaban J connectivity index is 1.42. The minimum absolute atomic E-state index is 0.0735. The summed E-state index contributed by atoms with van der Waals surface area (Å²) < 4.78 is 5.32. The van der Waals surface area contributed by atoms with Gasteiger partial charge in [-0.1, -0.05) is 6.07 Å². The van der Waals surface area contributed by atoms with Crippen LogP contribution in [0.2, 0.25) is 0 Å². The SMILES string of the molecule is O=C(NC1CCOCC1)N1CCN(Cc2ccccn2)CC1. The lowest BCUT2D eigenvalue weighted by molar-refractivity contribution is 0.0758. The second kappa shape index (κ2) is 7.56. The Morgan fingerprint density at radius 2 is 2.00 bits per heavy atom. The van der Waals surface area contributed by atoms with Crippen molar-refractivity contribution in [2.45, 2.75) is 25.4 Å². The first kappa shape index (κ1) is 15.2. The van der Waals surface area contributed by atoms with Gasteiger partial charge in [0.1, 0.15) is 0 Å². The number of carbonyl (C=O) groups excluding carboxylic acids is 1. The fraction of sp³-hybridized carbons (Fsp3) is 0.625. The molecule has 0 spiro atoms. The van der Waals surface area contributed by atoms with Crippen LogP contribution in [0.1, 0.15) is 18.5 Å². The highest BCUT2D eigenvalue weighted by Crippen LogP contribution is 2.09. The first-order valence-electron chi connectivity index (χ1n) is 8.07. The number of pyridine rings is 1. The molecule has 0 saturated carbocycles. The van der Waals surface area contributed by atoms with Crippen LogP contribution in [0.15, 0.2) is 24.4 Å². The van der Waals surface area contributed by atoms with Crippen LogP contribution in [0, 0.1) is 0 Å². The number of rotatable bonds is 3. The van der Waals surface area contributed by atoms with Gasteiger partial charge in [0.2, 0.25) is 0 Å². The van der Waals surface area contributed by atoms with Crippen molar-refractivity contribution in [3.8, 4) is 0 Å². The van der Waals surface area contributed by atoms with Crippen LogP contribution in [-0.2, 0) is 11.3 Å². The van der Waals surface area contributed by atoms with E-state index in [1.54, 1.807) is 0 Å². The molecule has 6 nitrogen and oxygen atoms in total. The van der Waals surface area contributed by atoms with Gasteiger partial charge in [-0.25, -0.2) is 4.79 Å². The number of carbonyl (C=O) groups is 1. The van der Waals surface area contributed by atoms with Crippen LogP contribution < -0.4 is 5.32 Å². The van der Waals surface area contributed by atoms with E-state index in [-0.39, 0.29) is 12.1 Å². The number of piperazine rings is 1. The van der Waals surface area contributed by atoms with Gasteiger partial charge < -0.3 is 15.0 Å². The topological polar surface area (TPSA) is 57.7 Å². The lowest BCUT2D eigenvalue weighted by Crippen LogP contribution is -2.53. The number of hydrogen-bond donors (Lipinski definition) is 1. The molecule has 0 atom stereocenters. The summed E-state index contributed by atoms with van der Waals surface area (Å²) in [5, 5.41) is 3.13. The Morgan fingerprint density at radius 1 is 1.23 bits per heavy atom. The van der Waals surface area contributed by atoms with Gasteiger partial charge >= 0.3 is 6.03 Å². The molecule has 2 saturated heterocycles. The molecule has 2 fully saturated rings. The minimum Gasteiger partial charge on any atom is -0.381 e. The number of nitrogens with one attached hydrogen (secondary N) is 1. The fourth-order valence-electron chi connectivity index (χ4n) is 2.94. The van der Waals surface area contributed by atoms with E-state index in [2.05, 4.69) is 15.2 Å². The van der Waals surface area contributed by atoms with Gasteiger partial charge in [-0.05, 0) is 25.0 Å². The molecule has 22 heavy (non-hydrogen) atoms. The second-order valence-corrected chi connectivity index (χ2v) is 5.92. The summed E-state index contributed by atoms with van der Waals surface area (Å²) in [5.74, 6) is 0. The third-order valence-corrected chi connectivity index (χ3v) is 4.32. The third-order valence-electron chi connectivity index (χ3n) is 4.32. The largest absolute Gasteiger partial charge is 0.381 e. The average molecular weight is 304 g/mol. The summed E-state index contributed by atoms with van der Waals surface area (Å²) in [7, 11) is 0. The van der Waals surface area contributed by atoms with Gasteiger partial charge in [-0.15, -0.1) is 0 Å². The summed E-state index contributed by atoms with van der Waals surface area (Å²) in [4.78, 5) is 20.9. The van der Waals surface area contributed by atoms with Gasteiger partial charge in [0.25, 0.3) is 0 Å². The standard InChI is InChI=1S/C16H24N4O2/c21-16(18-14-4-11-22-12-5-14)20-9-7-19(8-10-20)13-15-3-1-2-6-17-15/h1-3,6,14H,4-5,7-13H2,(H,18,21). The van der Waals surface area contributed by atoms with Crippen molar-refractivity contribution < 1.29 is 9.53 Å². The van der Waals surface area contributed by atoms with E-state index in [4.69, 9.17) is 4.74 Å². The maximum atomic E-state index is 12.3. The number of ether oxygens (including phenoxy) is 1. The molecule has 3 rings (SSSR count). The Bertz CT molecular complexity index is 468. The molecule has 2 aliphatic heterocycles. The van der Waals surface area contributed by atoms with Gasteiger partial charge in [-0.3, -0.25) is 9.88 Å². The number of amides is 2.